The Morgan fingerprint density at radius 2 is 2.42 bits per heavy atom. The number of hydrogen-bond donors (Lipinski definition) is 2. The van der Waals surface area contributed by atoms with Gasteiger partial charge in [-0.3, -0.25) is 9.48 Å². The average Bonchev–Trinajstić information content (AvgIpc) is 3.05. The Morgan fingerprint density at radius 1 is 1.53 bits per heavy atom. The van der Waals surface area contributed by atoms with Crippen LogP contribution in [0.25, 0.3) is 0 Å². The zero-order chi connectivity index (χ0) is 13.2. The van der Waals surface area contributed by atoms with E-state index >= 15 is 0 Å². The number of aromatic nitrogens is 2. The average molecular weight is 256 g/mol. The lowest BCUT2D eigenvalue weighted by molar-refractivity contribution is 0.102. The first kappa shape index (κ1) is 11.8. The van der Waals surface area contributed by atoms with Crippen molar-refractivity contribution in [3.8, 4) is 0 Å². The number of nitrogens with zero attached hydrogens (tertiary/aromatic N) is 2. The Balaban J connectivity index is 1.76. The molecule has 1 aromatic heterocycles. The van der Waals surface area contributed by atoms with Gasteiger partial charge in [0.25, 0.3) is 5.91 Å². The van der Waals surface area contributed by atoms with E-state index in [-0.39, 0.29) is 5.91 Å². The first-order valence-electron chi connectivity index (χ1n) is 6.47. The lowest BCUT2D eigenvalue weighted by atomic mass is 10.1. The number of hydrogen-bond acceptors (Lipinski definition) is 3. The van der Waals surface area contributed by atoms with Crippen LogP contribution in [-0.4, -0.2) is 22.2 Å². The molecule has 2 aromatic rings. The van der Waals surface area contributed by atoms with Crippen LogP contribution in [0.4, 0.5) is 11.4 Å². The van der Waals surface area contributed by atoms with Crippen LogP contribution in [0.15, 0.2) is 30.6 Å². The third-order valence-corrected chi connectivity index (χ3v) is 3.29. The maximum atomic E-state index is 12.1. The molecule has 1 amide bonds. The van der Waals surface area contributed by atoms with E-state index < -0.39 is 0 Å². The monoisotopic (exact) mass is 256 g/mol. The summed E-state index contributed by atoms with van der Waals surface area (Å²) >= 11 is 0. The highest BCUT2D eigenvalue weighted by atomic mass is 16.1. The number of carbonyl (C=O) groups excluding carboxylic acids is 1. The van der Waals surface area contributed by atoms with Gasteiger partial charge in [-0.1, -0.05) is 0 Å². The molecule has 1 aromatic carbocycles. The van der Waals surface area contributed by atoms with Gasteiger partial charge < -0.3 is 10.6 Å². The fourth-order valence-electron chi connectivity index (χ4n) is 2.25. The van der Waals surface area contributed by atoms with Crippen molar-refractivity contribution in [2.24, 2.45) is 0 Å². The van der Waals surface area contributed by atoms with Gasteiger partial charge in [-0.15, -0.1) is 0 Å². The van der Waals surface area contributed by atoms with Crippen LogP contribution in [0.2, 0.25) is 0 Å². The van der Waals surface area contributed by atoms with E-state index in [9.17, 15) is 4.79 Å². The smallest absolute Gasteiger partial charge is 0.255 e. The molecule has 1 aliphatic rings. The maximum Gasteiger partial charge on any atom is 0.255 e. The van der Waals surface area contributed by atoms with Crippen molar-refractivity contribution in [3.63, 3.8) is 0 Å². The van der Waals surface area contributed by atoms with Crippen molar-refractivity contribution in [1.82, 2.24) is 9.78 Å². The van der Waals surface area contributed by atoms with E-state index in [1.54, 1.807) is 10.9 Å². The second kappa shape index (κ2) is 4.76. The molecule has 5 heteroatoms. The van der Waals surface area contributed by atoms with Gasteiger partial charge in [0.2, 0.25) is 0 Å². The van der Waals surface area contributed by atoms with Crippen LogP contribution in [0.3, 0.4) is 0 Å². The Bertz CT molecular complexity index is 618. The summed E-state index contributed by atoms with van der Waals surface area (Å²) in [6.45, 7) is 3.75. The fraction of sp³-hybridized carbons (Fsp3) is 0.286. The summed E-state index contributed by atoms with van der Waals surface area (Å²) in [6.07, 6.45) is 4.47. The Hall–Kier alpha value is -2.30. The summed E-state index contributed by atoms with van der Waals surface area (Å²) in [5.41, 5.74) is 3.75. The second-order valence-electron chi connectivity index (χ2n) is 4.59. The molecule has 5 nitrogen and oxygen atoms in total. The summed E-state index contributed by atoms with van der Waals surface area (Å²) in [7, 11) is 0. The molecule has 0 radical (unpaired) electrons. The van der Waals surface area contributed by atoms with Gasteiger partial charge in [0.15, 0.2) is 0 Å². The highest BCUT2D eigenvalue weighted by Gasteiger charge is 2.13. The fourth-order valence-corrected chi connectivity index (χ4v) is 2.25. The molecule has 0 saturated heterocycles. The van der Waals surface area contributed by atoms with Crippen LogP contribution in [-0.2, 0) is 13.0 Å². The first-order valence-corrected chi connectivity index (χ1v) is 6.47. The largest absolute Gasteiger partial charge is 0.384 e. The van der Waals surface area contributed by atoms with E-state index in [2.05, 4.69) is 15.7 Å². The van der Waals surface area contributed by atoms with Crippen LogP contribution < -0.4 is 10.6 Å². The number of carbonyl (C=O) groups is 1. The lowest BCUT2D eigenvalue weighted by Gasteiger charge is -2.05. The molecule has 0 fully saturated rings. The van der Waals surface area contributed by atoms with Crippen molar-refractivity contribution in [2.45, 2.75) is 19.9 Å². The summed E-state index contributed by atoms with van der Waals surface area (Å²) in [6, 6.07) is 5.76. The lowest BCUT2D eigenvalue weighted by Crippen LogP contribution is -2.11. The molecule has 2 N–H and O–H groups in total. The quantitative estimate of drug-likeness (QED) is 0.884. The van der Waals surface area contributed by atoms with Gasteiger partial charge in [-0.2, -0.15) is 5.10 Å². The first-order chi connectivity index (χ1) is 9.26. The van der Waals surface area contributed by atoms with Gasteiger partial charge in [-0.25, -0.2) is 0 Å². The van der Waals surface area contributed by atoms with E-state index in [1.165, 1.54) is 5.56 Å². The Kier molecular flexibility index (Phi) is 2.95. The topological polar surface area (TPSA) is 59.0 Å². The van der Waals surface area contributed by atoms with Gasteiger partial charge in [0, 0.05) is 30.5 Å². The minimum atomic E-state index is -0.0923. The summed E-state index contributed by atoms with van der Waals surface area (Å²) in [4.78, 5) is 12.1. The van der Waals surface area contributed by atoms with Gasteiger partial charge in [-0.05, 0) is 37.1 Å². The normalized spacial score (nSPS) is 12.9. The van der Waals surface area contributed by atoms with E-state index in [0.717, 1.165) is 30.9 Å². The van der Waals surface area contributed by atoms with Gasteiger partial charge >= 0.3 is 0 Å². The van der Waals surface area contributed by atoms with Crippen molar-refractivity contribution in [2.75, 3.05) is 17.2 Å². The SMILES string of the molecule is CCn1cc(NC(=O)c2ccc3c(c2)CCN3)cn1. The number of rotatable bonds is 3. The number of benzene rings is 1. The zero-order valence-electron chi connectivity index (χ0n) is 10.8. The third kappa shape index (κ3) is 2.31. The van der Waals surface area contributed by atoms with E-state index in [0.29, 0.717) is 5.56 Å². The summed E-state index contributed by atoms with van der Waals surface area (Å²) < 4.78 is 1.78. The molecule has 98 valence electrons. The highest BCUT2D eigenvalue weighted by molar-refractivity contribution is 6.04. The number of aryl methyl sites for hydroxylation is 1. The summed E-state index contributed by atoms with van der Waals surface area (Å²) in [5.74, 6) is -0.0923. The maximum absolute atomic E-state index is 12.1. The molecular formula is C14H16N4O. The molecule has 0 aliphatic carbocycles. The molecule has 1 aliphatic heterocycles. The molecule has 19 heavy (non-hydrogen) atoms. The van der Waals surface area contributed by atoms with Crippen LogP contribution in [0.1, 0.15) is 22.8 Å². The van der Waals surface area contributed by atoms with Gasteiger partial charge in [0.05, 0.1) is 11.9 Å². The molecular weight excluding hydrogens is 240 g/mol. The van der Waals surface area contributed by atoms with E-state index in [1.807, 2.05) is 31.3 Å². The third-order valence-electron chi connectivity index (χ3n) is 3.29. The van der Waals surface area contributed by atoms with Gasteiger partial charge in [0.1, 0.15) is 0 Å². The van der Waals surface area contributed by atoms with Crippen LogP contribution in [0, 0.1) is 0 Å². The Morgan fingerprint density at radius 3 is 3.21 bits per heavy atom. The molecule has 0 bridgehead atoms. The predicted molar refractivity (Wildman–Crippen MR) is 74.5 cm³/mol. The number of amides is 1. The zero-order valence-corrected chi connectivity index (χ0v) is 10.8. The molecule has 0 unspecified atom stereocenters. The molecule has 0 spiro atoms. The standard InChI is InChI=1S/C14H16N4O/c1-2-18-9-12(8-16-18)17-14(19)11-3-4-13-10(7-11)5-6-15-13/h3-4,7-9,15H,2,5-6H2,1H3,(H,17,19). The van der Waals surface area contributed by atoms with Crippen molar-refractivity contribution in [1.29, 1.82) is 0 Å². The minimum absolute atomic E-state index is 0.0923. The molecule has 3 rings (SSSR count). The number of anilines is 2. The predicted octanol–water partition coefficient (Wildman–Crippen LogP) is 2.12. The number of nitrogens with one attached hydrogen (secondary N) is 2. The van der Waals surface area contributed by atoms with Crippen LogP contribution >= 0.6 is 0 Å². The van der Waals surface area contributed by atoms with Crippen LogP contribution in [0.5, 0.6) is 0 Å². The number of fused-ring (bicyclic) bond motifs is 1. The van der Waals surface area contributed by atoms with Crippen molar-refractivity contribution >= 4 is 17.3 Å². The van der Waals surface area contributed by atoms with E-state index in [4.69, 9.17) is 0 Å². The second-order valence-corrected chi connectivity index (χ2v) is 4.59. The molecule has 0 atom stereocenters. The molecule has 0 saturated carbocycles. The van der Waals surface area contributed by atoms with Crippen molar-refractivity contribution < 1.29 is 4.79 Å². The van der Waals surface area contributed by atoms with Crippen molar-refractivity contribution in [3.05, 3.63) is 41.7 Å². The summed E-state index contributed by atoms with van der Waals surface area (Å²) in [5, 5.41) is 10.3. The minimum Gasteiger partial charge on any atom is -0.384 e. The Labute approximate surface area is 111 Å². The highest BCUT2D eigenvalue weighted by Crippen LogP contribution is 2.23. The molecule has 2 heterocycles.